The molecule has 0 amide bonds. The van der Waals surface area contributed by atoms with Crippen molar-refractivity contribution in [3.05, 3.63) is 0 Å². The predicted octanol–water partition coefficient (Wildman–Crippen LogP) is 3.53. The van der Waals surface area contributed by atoms with Crippen LogP contribution in [0.25, 0.3) is 0 Å². The Bertz CT molecular complexity index is 235. The van der Waals surface area contributed by atoms with E-state index in [1.165, 1.54) is 32.2 Å². The zero-order chi connectivity index (χ0) is 13.4. The number of carboxylic acid groups (broad SMARTS) is 1. The third kappa shape index (κ3) is 6.39. The second-order valence-electron chi connectivity index (χ2n) is 6.03. The van der Waals surface area contributed by atoms with Crippen LogP contribution in [0.2, 0.25) is 0 Å². The van der Waals surface area contributed by atoms with E-state index in [-0.39, 0.29) is 0 Å². The molecule has 18 heavy (non-hydrogen) atoms. The van der Waals surface area contributed by atoms with Gasteiger partial charge in [0.1, 0.15) is 0 Å². The molecule has 0 heterocycles. The number of aliphatic carboxylic acids is 1. The van der Waals surface area contributed by atoms with Crippen molar-refractivity contribution in [2.24, 2.45) is 5.92 Å². The maximum atomic E-state index is 10.4. The van der Waals surface area contributed by atoms with Crippen molar-refractivity contribution in [2.45, 2.75) is 71.3 Å². The van der Waals surface area contributed by atoms with Gasteiger partial charge in [0.2, 0.25) is 0 Å². The maximum absolute atomic E-state index is 10.4. The quantitative estimate of drug-likeness (QED) is 0.641. The summed E-state index contributed by atoms with van der Waals surface area (Å²) in [6, 6.07) is 0.798. The fourth-order valence-electron chi connectivity index (χ4n) is 2.93. The average Bonchev–Trinajstić information content (AvgIpc) is 2.79. The Morgan fingerprint density at radius 1 is 1.22 bits per heavy atom. The Morgan fingerprint density at radius 2 is 1.89 bits per heavy atom. The van der Waals surface area contributed by atoms with Crippen LogP contribution in [0.15, 0.2) is 0 Å². The van der Waals surface area contributed by atoms with Crippen molar-refractivity contribution in [2.75, 3.05) is 13.1 Å². The van der Waals surface area contributed by atoms with Gasteiger partial charge in [-0.1, -0.05) is 33.1 Å². The van der Waals surface area contributed by atoms with E-state index in [9.17, 15) is 4.79 Å². The molecule has 0 radical (unpaired) electrons. The van der Waals surface area contributed by atoms with E-state index in [0.717, 1.165) is 37.8 Å². The summed E-state index contributed by atoms with van der Waals surface area (Å²) >= 11 is 0. The van der Waals surface area contributed by atoms with E-state index in [1.807, 2.05) is 0 Å². The molecule has 0 atom stereocenters. The number of carboxylic acids is 1. The van der Waals surface area contributed by atoms with Crippen molar-refractivity contribution in [3.8, 4) is 0 Å². The first-order valence-electron chi connectivity index (χ1n) is 7.55. The Kier molecular flexibility index (Phi) is 7.33. The smallest absolute Gasteiger partial charge is 0.303 e. The van der Waals surface area contributed by atoms with Gasteiger partial charge < -0.3 is 10.0 Å². The third-order valence-corrected chi connectivity index (χ3v) is 3.78. The van der Waals surface area contributed by atoms with Gasteiger partial charge in [0.25, 0.3) is 0 Å². The molecule has 1 saturated carbocycles. The largest absolute Gasteiger partial charge is 0.481 e. The summed E-state index contributed by atoms with van der Waals surface area (Å²) in [4.78, 5) is 13.1. The van der Waals surface area contributed by atoms with Gasteiger partial charge in [-0.05, 0) is 38.1 Å². The maximum Gasteiger partial charge on any atom is 0.303 e. The lowest BCUT2D eigenvalue weighted by molar-refractivity contribution is -0.137. The topological polar surface area (TPSA) is 40.5 Å². The van der Waals surface area contributed by atoms with Crippen molar-refractivity contribution in [3.63, 3.8) is 0 Å². The van der Waals surface area contributed by atoms with Crippen LogP contribution in [0, 0.1) is 5.92 Å². The number of carbonyl (C=O) groups is 1. The molecule has 106 valence electrons. The summed E-state index contributed by atoms with van der Waals surface area (Å²) < 4.78 is 0. The molecular formula is C15H29NO2. The molecule has 3 heteroatoms. The molecule has 0 aromatic heterocycles. The average molecular weight is 255 g/mol. The minimum Gasteiger partial charge on any atom is -0.481 e. The van der Waals surface area contributed by atoms with Crippen LogP contribution in [0.3, 0.4) is 0 Å². The molecule has 1 rings (SSSR count). The highest BCUT2D eigenvalue weighted by Crippen LogP contribution is 2.24. The van der Waals surface area contributed by atoms with E-state index in [4.69, 9.17) is 5.11 Å². The van der Waals surface area contributed by atoms with Crippen LogP contribution in [-0.4, -0.2) is 35.1 Å². The zero-order valence-electron chi connectivity index (χ0n) is 12.0. The van der Waals surface area contributed by atoms with Crippen LogP contribution < -0.4 is 0 Å². The van der Waals surface area contributed by atoms with Crippen molar-refractivity contribution in [1.82, 2.24) is 4.90 Å². The van der Waals surface area contributed by atoms with E-state index in [1.54, 1.807) is 0 Å². The second-order valence-corrected chi connectivity index (χ2v) is 6.03. The van der Waals surface area contributed by atoms with E-state index in [0.29, 0.717) is 6.42 Å². The fraction of sp³-hybridized carbons (Fsp3) is 0.933. The van der Waals surface area contributed by atoms with Crippen molar-refractivity contribution < 1.29 is 9.90 Å². The number of nitrogens with zero attached hydrogens (tertiary/aromatic N) is 1. The molecule has 1 N–H and O–H groups in total. The van der Waals surface area contributed by atoms with Crippen LogP contribution in [0.5, 0.6) is 0 Å². The number of hydrogen-bond donors (Lipinski definition) is 1. The van der Waals surface area contributed by atoms with Gasteiger partial charge in [-0.25, -0.2) is 0 Å². The Balaban J connectivity index is 2.21. The van der Waals surface area contributed by atoms with Crippen LogP contribution in [-0.2, 0) is 4.79 Å². The molecule has 0 bridgehead atoms. The highest BCUT2D eigenvalue weighted by molar-refractivity contribution is 5.66. The van der Waals surface area contributed by atoms with Gasteiger partial charge >= 0.3 is 5.97 Å². The molecule has 0 unspecified atom stereocenters. The van der Waals surface area contributed by atoms with E-state index < -0.39 is 5.97 Å². The monoisotopic (exact) mass is 255 g/mol. The number of rotatable bonds is 9. The van der Waals surface area contributed by atoms with Crippen LogP contribution in [0.1, 0.15) is 65.2 Å². The molecule has 0 spiro atoms. The lowest BCUT2D eigenvalue weighted by Gasteiger charge is -2.30. The molecule has 0 saturated heterocycles. The fourth-order valence-corrected chi connectivity index (χ4v) is 2.93. The van der Waals surface area contributed by atoms with Crippen molar-refractivity contribution >= 4 is 5.97 Å². The van der Waals surface area contributed by atoms with E-state index in [2.05, 4.69) is 18.7 Å². The summed E-state index contributed by atoms with van der Waals surface area (Å²) in [5, 5.41) is 8.60. The summed E-state index contributed by atoms with van der Waals surface area (Å²) in [5.74, 6) is 0.0643. The van der Waals surface area contributed by atoms with Crippen molar-refractivity contribution in [1.29, 1.82) is 0 Å². The molecular weight excluding hydrogens is 226 g/mol. The van der Waals surface area contributed by atoms with Crippen LogP contribution in [0.4, 0.5) is 0 Å². The summed E-state index contributed by atoms with van der Waals surface area (Å²) in [7, 11) is 0. The van der Waals surface area contributed by atoms with Crippen LogP contribution >= 0.6 is 0 Å². The van der Waals surface area contributed by atoms with Gasteiger partial charge in [-0.15, -0.1) is 0 Å². The standard InChI is InChI=1S/C15H29NO2/c1-13(2)12-16(14-8-5-6-9-14)11-7-3-4-10-15(17)18/h13-14H,3-12H2,1-2H3,(H,17,18). The number of unbranched alkanes of at least 4 members (excludes halogenated alkanes) is 2. The van der Waals surface area contributed by atoms with Gasteiger partial charge in [0.15, 0.2) is 0 Å². The lowest BCUT2D eigenvalue weighted by atomic mass is 10.1. The molecule has 0 aromatic rings. The molecule has 0 aliphatic heterocycles. The van der Waals surface area contributed by atoms with Gasteiger partial charge in [-0.2, -0.15) is 0 Å². The first kappa shape index (κ1) is 15.5. The molecule has 3 nitrogen and oxygen atoms in total. The van der Waals surface area contributed by atoms with E-state index >= 15 is 0 Å². The van der Waals surface area contributed by atoms with Gasteiger partial charge in [0, 0.05) is 19.0 Å². The number of hydrogen-bond acceptors (Lipinski definition) is 2. The predicted molar refractivity (Wildman–Crippen MR) is 74.8 cm³/mol. The summed E-state index contributed by atoms with van der Waals surface area (Å²) in [6.07, 6.45) is 8.85. The first-order chi connectivity index (χ1) is 8.59. The SMILES string of the molecule is CC(C)CN(CCCCCC(=O)O)C1CCCC1. The molecule has 1 aliphatic rings. The minimum atomic E-state index is -0.662. The summed E-state index contributed by atoms with van der Waals surface area (Å²) in [5.41, 5.74) is 0. The first-order valence-corrected chi connectivity index (χ1v) is 7.55. The highest BCUT2D eigenvalue weighted by Gasteiger charge is 2.22. The second kappa shape index (κ2) is 8.52. The molecule has 0 aromatic carbocycles. The molecule has 1 fully saturated rings. The Hall–Kier alpha value is -0.570. The minimum absolute atomic E-state index is 0.327. The summed E-state index contributed by atoms with van der Waals surface area (Å²) in [6.45, 7) is 6.92. The Morgan fingerprint density at radius 3 is 2.44 bits per heavy atom. The Labute approximate surface area is 112 Å². The van der Waals surface area contributed by atoms with Gasteiger partial charge in [0.05, 0.1) is 0 Å². The highest BCUT2D eigenvalue weighted by atomic mass is 16.4. The third-order valence-electron chi connectivity index (χ3n) is 3.78. The zero-order valence-corrected chi connectivity index (χ0v) is 12.0. The molecule has 1 aliphatic carbocycles. The lowest BCUT2D eigenvalue weighted by Crippen LogP contribution is -2.37. The normalized spacial score (nSPS) is 16.9. The van der Waals surface area contributed by atoms with Gasteiger partial charge in [-0.3, -0.25) is 4.79 Å².